The number of methoxy groups -OCH3 is 4. The monoisotopic (exact) mass is 556 g/mol. The summed E-state index contributed by atoms with van der Waals surface area (Å²) >= 11 is 0. The quantitative estimate of drug-likeness (QED) is 0.258. The molecule has 0 aliphatic heterocycles. The average Bonchev–Trinajstić information content (AvgIpc) is 2.84. The predicted molar refractivity (Wildman–Crippen MR) is 131 cm³/mol. The Balaban J connectivity index is 0.00000578. The number of hydrogen-bond donors (Lipinski definition) is 0. The van der Waals surface area contributed by atoms with Crippen LogP contribution in [0.25, 0.3) is 0 Å². The fraction of sp³-hybridized carbons (Fsp3) is 0.481. The van der Waals surface area contributed by atoms with Crippen LogP contribution < -0.4 is 18.9 Å². The Morgan fingerprint density at radius 1 is 0.882 bits per heavy atom. The number of benzene rings is 2. The predicted octanol–water partition coefficient (Wildman–Crippen LogP) is 4.90. The van der Waals surface area contributed by atoms with E-state index >= 15 is 0 Å². The van der Waals surface area contributed by atoms with Crippen molar-refractivity contribution in [3.8, 4) is 29.1 Å². The Morgan fingerprint density at radius 2 is 1.44 bits per heavy atom. The van der Waals surface area contributed by atoms with Crippen LogP contribution in [0.1, 0.15) is 31.4 Å². The molecule has 0 saturated carbocycles. The van der Waals surface area contributed by atoms with Gasteiger partial charge >= 0.3 is 0 Å². The van der Waals surface area contributed by atoms with E-state index in [0.717, 1.165) is 43.0 Å². The molecule has 6 nitrogen and oxygen atoms in total. The Kier molecular flexibility index (Phi) is 12.4. The zero-order valence-corrected chi connectivity index (χ0v) is 22.9. The van der Waals surface area contributed by atoms with Gasteiger partial charge in [0.25, 0.3) is 0 Å². The van der Waals surface area contributed by atoms with Gasteiger partial charge in [-0.3, -0.25) is 0 Å². The molecule has 2 aromatic carbocycles. The number of nitrogens with zero attached hydrogens (tertiary/aromatic N) is 2. The third kappa shape index (κ3) is 7.11. The van der Waals surface area contributed by atoms with Gasteiger partial charge in [0.1, 0.15) is 0 Å². The van der Waals surface area contributed by atoms with Crippen molar-refractivity contribution in [2.45, 2.75) is 32.1 Å². The molecule has 0 saturated heterocycles. The van der Waals surface area contributed by atoms with Gasteiger partial charge in [-0.1, -0.05) is 37.5 Å². The number of nitriles is 1. The Hall–Kier alpha value is -2.29. The summed E-state index contributed by atoms with van der Waals surface area (Å²) in [6.45, 7) is 5.92. The summed E-state index contributed by atoms with van der Waals surface area (Å²) in [6, 6.07) is 14.4. The molecular formula is C27H37N2O4Rh-. The first-order valence-electron chi connectivity index (χ1n) is 11.2. The van der Waals surface area contributed by atoms with Crippen LogP contribution in [0.4, 0.5) is 0 Å². The third-order valence-electron chi connectivity index (χ3n) is 6.16. The van der Waals surface area contributed by atoms with Gasteiger partial charge in [0.05, 0.1) is 28.4 Å². The van der Waals surface area contributed by atoms with Gasteiger partial charge in [-0.2, -0.15) is 6.42 Å². The summed E-state index contributed by atoms with van der Waals surface area (Å²) in [7, 11) is 8.62. The Morgan fingerprint density at radius 3 is 1.97 bits per heavy atom. The zero-order valence-electron chi connectivity index (χ0n) is 21.3. The molecular weight excluding hydrogens is 519 g/mol. The summed E-state index contributed by atoms with van der Waals surface area (Å²) in [5.41, 5.74) is 1.41. The van der Waals surface area contributed by atoms with Gasteiger partial charge in [0.2, 0.25) is 0 Å². The van der Waals surface area contributed by atoms with Gasteiger partial charge in [-0.05, 0) is 55.3 Å². The Bertz CT molecular complexity index is 945. The first-order valence-corrected chi connectivity index (χ1v) is 11.2. The van der Waals surface area contributed by atoms with E-state index in [-0.39, 0.29) is 25.4 Å². The average molecular weight is 557 g/mol. The molecule has 0 bridgehead atoms. The fourth-order valence-electron chi connectivity index (χ4n) is 4.00. The molecule has 2 aromatic rings. The number of hydrogen-bond acceptors (Lipinski definition) is 6. The van der Waals surface area contributed by atoms with Crippen molar-refractivity contribution in [3.63, 3.8) is 0 Å². The molecule has 0 heterocycles. The Labute approximate surface area is 217 Å². The summed E-state index contributed by atoms with van der Waals surface area (Å²) in [5, 5.41) is 10.2. The maximum absolute atomic E-state index is 10.2. The molecule has 1 unspecified atom stereocenters. The van der Waals surface area contributed by atoms with Crippen LogP contribution in [-0.4, -0.2) is 53.5 Å². The molecule has 0 amide bonds. The molecule has 0 aliphatic rings. The summed E-state index contributed by atoms with van der Waals surface area (Å²) in [4.78, 5) is 2.28. The smallest absolute Gasteiger partial charge is 0.160 e. The van der Waals surface area contributed by atoms with Crippen molar-refractivity contribution >= 4 is 0 Å². The molecule has 0 N–H and O–H groups in total. The summed E-state index contributed by atoms with van der Waals surface area (Å²) in [6.07, 6.45) is 3.84. The first-order chi connectivity index (χ1) is 15.8. The molecule has 0 aliphatic carbocycles. The second-order valence-electron chi connectivity index (χ2n) is 8.44. The third-order valence-corrected chi connectivity index (χ3v) is 6.16. The van der Waals surface area contributed by atoms with E-state index in [2.05, 4.69) is 44.4 Å². The minimum Gasteiger partial charge on any atom is -0.493 e. The van der Waals surface area contributed by atoms with Crippen molar-refractivity contribution in [1.29, 1.82) is 5.26 Å². The van der Waals surface area contributed by atoms with Gasteiger partial charge in [-0.15, -0.1) is 0 Å². The molecule has 7 heteroatoms. The van der Waals surface area contributed by atoms with E-state index in [1.807, 2.05) is 30.3 Å². The minimum absolute atomic E-state index is 0. The molecule has 34 heavy (non-hydrogen) atoms. The van der Waals surface area contributed by atoms with Crippen LogP contribution in [-0.2, 0) is 31.3 Å². The molecule has 2 rings (SSSR count). The van der Waals surface area contributed by atoms with Crippen LogP contribution in [0.2, 0.25) is 0 Å². The number of ether oxygens (including phenoxy) is 4. The maximum atomic E-state index is 10.2. The molecule has 0 spiro atoms. The van der Waals surface area contributed by atoms with Crippen LogP contribution >= 0.6 is 0 Å². The minimum atomic E-state index is -0.705. The SMILES string of the molecule is COc1ccc(CCN(C)CC[CH-]C(C#N)(c2ccc(OC)c(OC)c2)C(C)C)cc1OC.[Rh]. The topological polar surface area (TPSA) is 64.0 Å². The van der Waals surface area contributed by atoms with Gasteiger partial charge in [0, 0.05) is 32.1 Å². The fourth-order valence-corrected chi connectivity index (χ4v) is 4.00. The van der Waals surface area contributed by atoms with Gasteiger partial charge < -0.3 is 30.3 Å². The van der Waals surface area contributed by atoms with Crippen LogP contribution in [0.3, 0.4) is 0 Å². The van der Waals surface area contributed by atoms with E-state index < -0.39 is 5.41 Å². The second-order valence-corrected chi connectivity index (χ2v) is 8.44. The van der Waals surface area contributed by atoms with Crippen molar-refractivity contribution in [3.05, 3.63) is 53.9 Å². The van der Waals surface area contributed by atoms with E-state index in [9.17, 15) is 5.26 Å². The second kappa shape index (κ2) is 14.2. The molecule has 0 fully saturated rings. The van der Waals surface area contributed by atoms with E-state index in [1.165, 1.54) is 5.56 Å². The van der Waals surface area contributed by atoms with Gasteiger partial charge in [-0.25, -0.2) is 5.26 Å². The summed E-state index contributed by atoms with van der Waals surface area (Å²) in [5.74, 6) is 2.89. The van der Waals surface area contributed by atoms with Crippen molar-refractivity contribution in [2.24, 2.45) is 5.92 Å². The van der Waals surface area contributed by atoms with Crippen molar-refractivity contribution < 1.29 is 38.4 Å². The summed E-state index contributed by atoms with van der Waals surface area (Å²) < 4.78 is 21.6. The molecule has 0 aromatic heterocycles. The van der Waals surface area contributed by atoms with Crippen LogP contribution in [0.5, 0.6) is 23.0 Å². The number of rotatable bonds is 13. The molecule has 1 atom stereocenters. The molecule has 1 radical (unpaired) electrons. The van der Waals surface area contributed by atoms with Crippen LogP contribution in [0, 0.1) is 23.7 Å². The van der Waals surface area contributed by atoms with E-state index in [4.69, 9.17) is 18.9 Å². The zero-order chi connectivity index (χ0) is 24.4. The van der Waals surface area contributed by atoms with E-state index in [1.54, 1.807) is 28.4 Å². The van der Waals surface area contributed by atoms with Crippen LogP contribution in [0.15, 0.2) is 36.4 Å². The molecule has 189 valence electrons. The first kappa shape index (κ1) is 29.7. The maximum Gasteiger partial charge on any atom is 0.160 e. The van der Waals surface area contributed by atoms with Gasteiger partial charge in [0.15, 0.2) is 23.0 Å². The van der Waals surface area contributed by atoms with E-state index in [0.29, 0.717) is 11.5 Å². The largest absolute Gasteiger partial charge is 0.493 e. The standard InChI is InChI=1S/C27H37N2O4.Rh/c1-20(2)27(19-28,22-10-12-24(31-5)26(18-22)33-7)14-8-15-29(3)16-13-21-9-11-23(30-4)25(17-21)32-6;/h9-12,14,17-18,20H,8,13,15-16H2,1-7H3;/q-1;. The normalized spacial score (nSPS) is 12.5. The van der Waals surface area contributed by atoms with Crippen molar-refractivity contribution in [1.82, 2.24) is 4.90 Å². The number of likely N-dealkylation sites (N-methyl/N-ethyl adjacent to an activating group) is 1. The van der Waals surface area contributed by atoms with Crippen molar-refractivity contribution in [2.75, 3.05) is 48.6 Å².